The Morgan fingerprint density at radius 3 is 2.74 bits per heavy atom. The van der Waals surface area contributed by atoms with Crippen molar-refractivity contribution in [1.82, 2.24) is 0 Å². The third-order valence-corrected chi connectivity index (χ3v) is 4.61. The van der Waals surface area contributed by atoms with Gasteiger partial charge in [-0.1, -0.05) is 6.07 Å². The van der Waals surface area contributed by atoms with E-state index in [1.54, 1.807) is 29.0 Å². The summed E-state index contributed by atoms with van der Waals surface area (Å²) >= 11 is 1.41. The van der Waals surface area contributed by atoms with Crippen molar-refractivity contribution in [1.29, 1.82) is 0 Å². The minimum absolute atomic E-state index is 0.0872. The normalized spacial score (nSPS) is 11.3. The van der Waals surface area contributed by atoms with Crippen LogP contribution in [0.2, 0.25) is 0 Å². The van der Waals surface area contributed by atoms with Crippen molar-refractivity contribution in [2.75, 3.05) is 11.8 Å². The third-order valence-electron chi connectivity index (χ3n) is 2.53. The molecule has 0 saturated carbocycles. The van der Waals surface area contributed by atoms with E-state index in [9.17, 15) is 8.42 Å². The van der Waals surface area contributed by atoms with Crippen LogP contribution in [-0.2, 0) is 16.6 Å². The second kappa shape index (κ2) is 5.60. The first-order valence-electron chi connectivity index (χ1n) is 5.49. The fourth-order valence-electron chi connectivity index (χ4n) is 1.59. The molecule has 0 aliphatic rings. The second-order valence-corrected chi connectivity index (χ2v) is 6.24. The lowest BCUT2D eigenvalue weighted by Gasteiger charge is -2.11. The molecule has 0 saturated heterocycles. The maximum Gasteiger partial charge on any atom is 0.265 e. The number of benzene rings is 1. The summed E-state index contributed by atoms with van der Waals surface area (Å²) in [6.07, 6.45) is 0. The summed E-state index contributed by atoms with van der Waals surface area (Å²) < 4.78 is 32.2. The van der Waals surface area contributed by atoms with Gasteiger partial charge in [-0.2, -0.15) is 11.3 Å². The molecule has 0 radical (unpaired) electrons. The maximum atomic E-state index is 12.3. The molecule has 3 N–H and O–H groups in total. The van der Waals surface area contributed by atoms with Crippen molar-refractivity contribution < 1.29 is 13.2 Å². The molecule has 2 aromatic rings. The number of nitrogens with two attached hydrogens (primary N) is 1. The zero-order valence-corrected chi connectivity index (χ0v) is 11.9. The second-order valence-electron chi connectivity index (χ2n) is 3.81. The first-order chi connectivity index (χ1) is 9.06. The zero-order chi connectivity index (χ0) is 13.9. The summed E-state index contributed by atoms with van der Waals surface area (Å²) in [5.41, 5.74) is 6.80. The van der Waals surface area contributed by atoms with Crippen molar-refractivity contribution in [3.63, 3.8) is 0 Å². The summed E-state index contributed by atoms with van der Waals surface area (Å²) in [5.74, 6) is 0.292. The number of anilines is 1. The molecule has 0 unspecified atom stereocenters. The summed E-state index contributed by atoms with van der Waals surface area (Å²) in [6, 6.07) is 6.56. The van der Waals surface area contributed by atoms with Crippen LogP contribution in [-0.4, -0.2) is 15.5 Å². The molecule has 0 aliphatic heterocycles. The molecule has 0 amide bonds. The van der Waals surface area contributed by atoms with Gasteiger partial charge in [-0.25, -0.2) is 8.42 Å². The van der Waals surface area contributed by atoms with Gasteiger partial charge >= 0.3 is 0 Å². The fourth-order valence-corrected chi connectivity index (χ4v) is 3.52. The Balaban J connectivity index is 2.43. The Morgan fingerprint density at radius 1 is 1.37 bits per heavy atom. The van der Waals surface area contributed by atoms with Crippen LogP contribution in [0.3, 0.4) is 0 Å². The fraction of sp³-hybridized carbons (Fsp3) is 0.167. The number of methoxy groups -OCH3 is 1. The smallest absolute Gasteiger partial charge is 0.265 e. The number of rotatable bonds is 5. The van der Waals surface area contributed by atoms with Gasteiger partial charge in [0.15, 0.2) is 0 Å². The molecule has 1 heterocycles. The lowest BCUT2D eigenvalue weighted by atomic mass is 10.2. The number of nitrogens with one attached hydrogen (secondary N) is 1. The van der Waals surface area contributed by atoms with Crippen molar-refractivity contribution in [2.24, 2.45) is 5.73 Å². The highest BCUT2D eigenvalue weighted by Crippen LogP contribution is 2.27. The molecular weight excluding hydrogens is 284 g/mol. The number of hydrogen-bond donors (Lipinski definition) is 2. The molecule has 0 spiro atoms. The molecule has 0 aliphatic carbocycles. The van der Waals surface area contributed by atoms with Gasteiger partial charge in [-0.3, -0.25) is 4.72 Å². The highest BCUT2D eigenvalue weighted by Gasteiger charge is 2.20. The highest BCUT2D eigenvalue weighted by molar-refractivity contribution is 7.92. The molecule has 2 rings (SSSR count). The quantitative estimate of drug-likeness (QED) is 0.885. The molecule has 7 heteroatoms. The first kappa shape index (κ1) is 13.9. The van der Waals surface area contributed by atoms with Gasteiger partial charge in [0.1, 0.15) is 10.6 Å². The van der Waals surface area contributed by atoms with E-state index in [4.69, 9.17) is 10.5 Å². The Labute approximate surface area is 116 Å². The Hall–Kier alpha value is -1.57. The highest BCUT2D eigenvalue weighted by atomic mass is 32.2. The lowest BCUT2D eigenvalue weighted by molar-refractivity contribution is 0.402. The van der Waals surface area contributed by atoms with Crippen LogP contribution >= 0.6 is 11.3 Å². The van der Waals surface area contributed by atoms with E-state index >= 15 is 0 Å². The van der Waals surface area contributed by atoms with Crippen LogP contribution in [0.5, 0.6) is 5.75 Å². The summed E-state index contributed by atoms with van der Waals surface area (Å²) in [6.45, 7) is 0.269. The minimum atomic E-state index is -3.68. The zero-order valence-electron chi connectivity index (χ0n) is 10.3. The van der Waals surface area contributed by atoms with Crippen molar-refractivity contribution in [2.45, 2.75) is 11.4 Å². The van der Waals surface area contributed by atoms with Crippen LogP contribution in [0.15, 0.2) is 39.9 Å². The topological polar surface area (TPSA) is 81.4 Å². The number of ether oxygens (including phenoxy) is 1. The van der Waals surface area contributed by atoms with Crippen LogP contribution in [0, 0.1) is 0 Å². The summed E-state index contributed by atoms with van der Waals surface area (Å²) in [5, 5.41) is 3.52. The van der Waals surface area contributed by atoms with E-state index in [1.165, 1.54) is 24.5 Å². The number of thiophene rings is 1. The van der Waals surface area contributed by atoms with Gasteiger partial charge in [-0.05, 0) is 29.1 Å². The van der Waals surface area contributed by atoms with Gasteiger partial charge in [0.25, 0.3) is 10.0 Å². The van der Waals surface area contributed by atoms with Crippen LogP contribution in [0.1, 0.15) is 5.56 Å². The van der Waals surface area contributed by atoms with Crippen molar-refractivity contribution in [3.8, 4) is 5.75 Å². The molecule has 102 valence electrons. The van der Waals surface area contributed by atoms with Gasteiger partial charge < -0.3 is 10.5 Å². The molecule has 1 aromatic heterocycles. The predicted octanol–water partition coefficient (Wildman–Crippen LogP) is 2.02. The van der Waals surface area contributed by atoms with E-state index < -0.39 is 10.0 Å². The Bertz CT molecular complexity index is 652. The van der Waals surface area contributed by atoms with E-state index in [0.29, 0.717) is 11.4 Å². The van der Waals surface area contributed by atoms with Gasteiger partial charge in [0.05, 0.1) is 12.8 Å². The molecule has 0 bridgehead atoms. The Morgan fingerprint density at radius 2 is 2.16 bits per heavy atom. The summed E-state index contributed by atoms with van der Waals surface area (Å²) in [7, 11) is -2.25. The van der Waals surface area contributed by atoms with Gasteiger partial charge in [-0.15, -0.1) is 0 Å². The van der Waals surface area contributed by atoms with Crippen molar-refractivity contribution in [3.05, 3.63) is 40.6 Å². The third kappa shape index (κ3) is 3.06. The van der Waals surface area contributed by atoms with E-state index in [2.05, 4.69) is 4.72 Å². The van der Waals surface area contributed by atoms with Crippen LogP contribution in [0.25, 0.3) is 0 Å². The van der Waals surface area contributed by atoms with E-state index in [-0.39, 0.29) is 11.4 Å². The molecule has 1 aromatic carbocycles. The number of hydrogen-bond acceptors (Lipinski definition) is 5. The lowest BCUT2D eigenvalue weighted by Crippen LogP contribution is -2.14. The number of sulfonamides is 1. The standard InChI is InChI=1S/C12H14N2O3S2/c1-17-11-3-2-9(7-13)6-12(11)19(15,16)14-10-4-5-18-8-10/h2-6,8,14H,7,13H2,1H3. The van der Waals surface area contributed by atoms with Gasteiger partial charge in [0.2, 0.25) is 0 Å². The van der Waals surface area contributed by atoms with Crippen molar-refractivity contribution >= 4 is 27.0 Å². The molecule has 0 fully saturated rings. The Kier molecular flexibility index (Phi) is 4.08. The molecular formula is C12H14N2O3S2. The minimum Gasteiger partial charge on any atom is -0.495 e. The SMILES string of the molecule is COc1ccc(CN)cc1S(=O)(=O)Nc1ccsc1. The molecule has 19 heavy (non-hydrogen) atoms. The first-order valence-corrected chi connectivity index (χ1v) is 7.91. The maximum absolute atomic E-state index is 12.3. The monoisotopic (exact) mass is 298 g/mol. The predicted molar refractivity (Wildman–Crippen MR) is 76.0 cm³/mol. The molecule has 5 nitrogen and oxygen atoms in total. The molecule has 0 atom stereocenters. The van der Waals surface area contributed by atoms with Crippen LogP contribution < -0.4 is 15.2 Å². The van der Waals surface area contributed by atoms with Gasteiger partial charge in [0, 0.05) is 11.9 Å². The van der Waals surface area contributed by atoms with E-state index in [0.717, 1.165) is 5.56 Å². The summed E-state index contributed by atoms with van der Waals surface area (Å²) in [4.78, 5) is 0.0872. The average molecular weight is 298 g/mol. The van der Waals surface area contributed by atoms with Crippen LogP contribution in [0.4, 0.5) is 5.69 Å². The van der Waals surface area contributed by atoms with E-state index in [1.807, 2.05) is 0 Å². The average Bonchev–Trinajstić information content (AvgIpc) is 2.90. The largest absolute Gasteiger partial charge is 0.495 e.